The van der Waals surface area contributed by atoms with E-state index >= 15 is 0 Å². The average molecular weight is 402 g/mol. The lowest BCUT2D eigenvalue weighted by Crippen LogP contribution is -2.29. The highest BCUT2D eigenvalue weighted by Crippen LogP contribution is 2.49. The van der Waals surface area contributed by atoms with E-state index in [2.05, 4.69) is 0 Å². The predicted molar refractivity (Wildman–Crippen MR) is 105 cm³/mol. The van der Waals surface area contributed by atoms with E-state index in [1.165, 1.54) is 0 Å². The molecule has 28 heavy (non-hydrogen) atoms. The largest absolute Gasteiger partial charge is 0.455 e. The van der Waals surface area contributed by atoms with Crippen LogP contribution in [0.5, 0.6) is 11.5 Å². The third-order valence-corrected chi connectivity index (χ3v) is 6.43. The van der Waals surface area contributed by atoms with Gasteiger partial charge in [-0.15, -0.1) is 0 Å². The van der Waals surface area contributed by atoms with Gasteiger partial charge in [-0.1, -0.05) is 12.1 Å². The molecule has 0 fully saturated rings. The second-order valence-electron chi connectivity index (χ2n) is 6.01. The van der Waals surface area contributed by atoms with Gasteiger partial charge in [0.15, 0.2) is 22.6 Å². The van der Waals surface area contributed by atoms with E-state index in [4.69, 9.17) is 22.9 Å². The van der Waals surface area contributed by atoms with Crippen molar-refractivity contribution in [3.05, 3.63) is 52.7 Å². The molecule has 0 aliphatic carbocycles. The molecule has 146 valence electrons. The molecule has 4 rings (SSSR count). The minimum atomic E-state index is -3.91. The van der Waals surface area contributed by atoms with Gasteiger partial charge in [0.2, 0.25) is 12.2 Å². The lowest BCUT2D eigenvalue weighted by molar-refractivity contribution is 0.174. The molecule has 0 unspecified atom stereocenters. The van der Waals surface area contributed by atoms with Crippen LogP contribution in [0.15, 0.2) is 51.7 Å². The summed E-state index contributed by atoms with van der Waals surface area (Å²) in [4.78, 5) is 13.3. The topological polar surface area (TPSA) is 84.2 Å². The van der Waals surface area contributed by atoms with Crippen molar-refractivity contribution in [2.75, 3.05) is 20.0 Å². The van der Waals surface area contributed by atoms with Gasteiger partial charge in [-0.25, -0.2) is 0 Å². The van der Waals surface area contributed by atoms with E-state index in [1.54, 1.807) is 56.3 Å². The number of hydrogen-bond acceptors (Lipinski definition) is 7. The van der Waals surface area contributed by atoms with Crippen LogP contribution in [0, 0.1) is 0 Å². The van der Waals surface area contributed by atoms with Crippen LogP contribution in [0.25, 0.3) is 22.3 Å². The van der Waals surface area contributed by atoms with Crippen LogP contribution < -0.4 is 20.2 Å². The van der Waals surface area contributed by atoms with E-state index in [-0.39, 0.29) is 31.1 Å². The molecule has 0 saturated carbocycles. The van der Waals surface area contributed by atoms with Gasteiger partial charge in [0.25, 0.3) is 0 Å². The zero-order valence-corrected chi connectivity index (χ0v) is 16.4. The maximum Gasteiger partial charge on any atom is 0.369 e. The van der Waals surface area contributed by atoms with E-state index in [0.29, 0.717) is 28.0 Å². The number of hydrogen-bond donors (Lipinski definition) is 0. The summed E-state index contributed by atoms with van der Waals surface area (Å²) in [7, 11) is -3.91. The van der Waals surface area contributed by atoms with Gasteiger partial charge < -0.3 is 22.9 Å². The zero-order chi connectivity index (χ0) is 19.7. The molecule has 2 aromatic carbocycles. The van der Waals surface area contributed by atoms with Crippen molar-refractivity contribution in [2.24, 2.45) is 0 Å². The first-order valence-corrected chi connectivity index (χ1v) is 10.5. The number of ether oxygens (including phenoxy) is 2. The molecule has 1 aliphatic heterocycles. The quantitative estimate of drug-likeness (QED) is 0.575. The molecule has 0 radical (unpaired) electrons. The molecule has 1 aliphatic rings. The maximum absolute atomic E-state index is 13.5. The predicted octanol–water partition coefficient (Wildman–Crippen LogP) is 4.08. The van der Waals surface area contributed by atoms with E-state index in [1.807, 2.05) is 0 Å². The van der Waals surface area contributed by atoms with Crippen molar-refractivity contribution in [3.63, 3.8) is 0 Å². The summed E-state index contributed by atoms with van der Waals surface area (Å²) in [5.74, 6) is 1.24. The second kappa shape index (κ2) is 7.43. The van der Waals surface area contributed by atoms with Crippen LogP contribution in [0.3, 0.4) is 0 Å². The second-order valence-corrected chi connectivity index (χ2v) is 7.96. The van der Waals surface area contributed by atoms with Crippen LogP contribution in [0.4, 0.5) is 0 Å². The highest BCUT2D eigenvalue weighted by molar-refractivity contribution is 7.62. The van der Waals surface area contributed by atoms with E-state index < -0.39 is 13.0 Å². The van der Waals surface area contributed by atoms with Crippen molar-refractivity contribution in [1.82, 2.24) is 0 Å². The van der Waals surface area contributed by atoms with Crippen molar-refractivity contribution in [3.8, 4) is 22.8 Å². The van der Waals surface area contributed by atoms with E-state index in [0.717, 1.165) is 0 Å². The molecule has 0 bridgehead atoms. The molecular formula is C20H19O7P. The normalized spacial score (nSPS) is 13.2. The van der Waals surface area contributed by atoms with Crippen LogP contribution in [0.2, 0.25) is 0 Å². The summed E-state index contributed by atoms with van der Waals surface area (Å²) in [6.07, 6.45) is 0. The molecule has 3 aromatic rings. The monoisotopic (exact) mass is 402 g/mol. The number of benzene rings is 2. The standard InChI is InChI=1S/C20H19O7P/c1-3-25-28(22,26-4-2)20-18(21)14-7-5-6-8-15(14)27-19(20)13-9-10-16-17(11-13)24-12-23-16/h5-11H,3-4,12H2,1-2H3. The van der Waals surface area contributed by atoms with Crippen LogP contribution >= 0.6 is 7.60 Å². The summed E-state index contributed by atoms with van der Waals surface area (Å²) in [5, 5.41) is 0.190. The highest BCUT2D eigenvalue weighted by atomic mass is 31.2. The number of para-hydroxylation sites is 1. The first-order chi connectivity index (χ1) is 13.6. The highest BCUT2D eigenvalue weighted by Gasteiger charge is 2.36. The Morgan fingerprint density at radius 3 is 2.46 bits per heavy atom. The Bertz CT molecular complexity index is 1130. The third-order valence-electron chi connectivity index (χ3n) is 4.28. The van der Waals surface area contributed by atoms with E-state index in [9.17, 15) is 9.36 Å². The molecule has 8 heteroatoms. The number of fused-ring (bicyclic) bond motifs is 2. The van der Waals surface area contributed by atoms with Crippen molar-refractivity contribution in [1.29, 1.82) is 0 Å². The Morgan fingerprint density at radius 1 is 1.00 bits per heavy atom. The minimum absolute atomic E-state index is 0.115. The van der Waals surface area contributed by atoms with Gasteiger partial charge in [0, 0.05) is 5.56 Å². The van der Waals surface area contributed by atoms with Crippen molar-refractivity contribution >= 4 is 23.9 Å². The zero-order valence-electron chi connectivity index (χ0n) is 15.5. The molecule has 0 saturated heterocycles. The van der Waals surface area contributed by atoms with Crippen molar-refractivity contribution in [2.45, 2.75) is 13.8 Å². The number of rotatable bonds is 6. The first kappa shape index (κ1) is 18.7. The average Bonchev–Trinajstić information content (AvgIpc) is 3.16. The van der Waals surface area contributed by atoms with Gasteiger partial charge >= 0.3 is 7.60 Å². The molecule has 0 spiro atoms. The van der Waals surface area contributed by atoms with Crippen LogP contribution in [-0.2, 0) is 13.6 Å². The van der Waals surface area contributed by atoms with Crippen LogP contribution in [-0.4, -0.2) is 20.0 Å². The van der Waals surface area contributed by atoms with Gasteiger partial charge in [-0.3, -0.25) is 9.36 Å². The summed E-state index contributed by atoms with van der Waals surface area (Å²) < 4.78 is 41.3. The summed E-state index contributed by atoms with van der Waals surface area (Å²) in [5.41, 5.74) is 0.449. The third kappa shape index (κ3) is 3.11. The molecule has 2 heterocycles. The molecule has 7 nitrogen and oxygen atoms in total. The Hall–Kier alpha value is -2.60. The Labute approximate surface area is 161 Å². The Balaban J connectivity index is 2.04. The SMILES string of the molecule is CCOP(=O)(OCC)c1c(-c2ccc3c(c2)OCO3)oc2ccccc2c1=O. The fourth-order valence-corrected chi connectivity index (χ4v) is 4.93. The molecule has 0 atom stereocenters. The molecular weight excluding hydrogens is 383 g/mol. The minimum Gasteiger partial charge on any atom is -0.455 e. The van der Waals surface area contributed by atoms with Crippen molar-refractivity contribution < 1.29 is 27.5 Å². The van der Waals surface area contributed by atoms with Gasteiger partial charge in [-0.05, 0) is 44.2 Å². The van der Waals surface area contributed by atoms with Gasteiger partial charge in [0.1, 0.15) is 5.58 Å². The molecule has 0 N–H and O–H groups in total. The molecule has 0 amide bonds. The summed E-state index contributed by atoms with van der Waals surface area (Å²) in [6, 6.07) is 11.9. The fraction of sp³-hybridized carbons (Fsp3) is 0.250. The van der Waals surface area contributed by atoms with Gasteiger partial charge in [-0.2, -0.15) is 0 Å². The lowest BCUT2D eigenvalue weighted by atomic mass is 10.1. The lowest BCUT2D eigenvalue weighted by Gasteiger charge is -2.19. The Kier molecular flexibility index (Phi) is 4.98. The maximum atomic E-state index is 13.5. The summed E-state index contributed by atoms with van der Waals surface area (Å²) in [6.45, 7) is 3.72. The fourth-order valence-electron chi connectivity index (χ4n) is 3.12. The van der Waals surface area contributed by atoms with Crippen LogP contribution in [0.1, 0.15) is 13.8 Å². The smallest absolute Gasteiger partial charge is 0.369 e. The Morgan fingerprint density at radius 2 is 1.71 bits per heavy atom. The summed E-state index contributed by atoms with van der Waals surface area (Å²) >= 11 is 0. The van der Waals surface area contributed by atoms with Gasteiger partial charge in [0.05, 0.1) is 18.6 Å². The molecule has 1 aromatic heterocycles. The first-order valence-electron chi connectivity index (χ1n) is 8.93.